The number of aromatic hydroxyl groups is 1. The first-order valence-electron chi connectivity index (χ1n) is 4.34. The summed E-state index contributed by atoms with van der Waals surface area (Å²) in [7, 11) is 0. The van der Waals surface area contributed by atoms with Gasteiger partial charge in [-0.2, -0.15) is 0 Å². The molecule has 2 unspecified atom stereocenters. The molecule has 1 aromatic rings. The molecule has 6 nitrogen and oxygen atoms in total. The van der Waals surface area contributed by atoms with Crippen LogP contribution in [0.25, 0.3) is 0 Å². The average molecular weight is 226 g/mol. The van der Waals surface area contributed by atoms with E-state index in [1.165, 1.54) is 6.07 Å². The third-order valence-electron chi connectivity index (χ3n) is 2.06. The Hall–Kier alpha value is -1.92. The number of carbonyl (C=O) groups excluding carboxylic acids is 1. The standard InChI is InChI=1S/C10H10O6/c11-4-5-1-2-7(12)6(3-5)8(13)9(14)10(15)16/h1-4,8-9,12-14H,(H,15,16). The summed E-state index contributed by atoms with van der Waals surface area (Å²) in [6.07, 6.45) is -3.38. The lowest BCUT2D eigenvalue weighted by Gasteiger charge is -2.15. The number of phenolic OH excluding ortho intramolecular Hbond substituents is 1. The Morgan fingerprint density at radius 1 is 1.31 bits per heavy atom. The monoisotopic (exact) mass is 226 g/mol. The molecule has 0 aliphatic heterocycles. The molecule has 0 aromatic heterocycles. The quantitative estimate of drug-likeness (QED) is 0.523. The maximum atomic E-state index is 10.5. The fraction of sp³-hybridized carbons (Fsp3) is 0.200. The van der Waals surface area contributed by atoms with Crippen molar-refractivity contribution in [3.63, 3.8) is 0 Å². The molecule has 0 saturated heterocycles. The van der Waals surface area contributed by atoms with Crippen LogP contribution in [0, 0.1) is 0 Å². The summed E-state index contributed by atoms with van der Waals surface area (Å²) >= 11 is 0. The number of hydrogen-bond donors (Lipinski definition) is 4. The second kappa shape index (κ2) is 4.73. The lowest BCUT2D eigenvalue weighted by molar-refractivity contribution is -0.153. The topological polar surface area (TPSA) is 115 Å². The fourth-order valence-electron chi connectivity index (χ4n) is 1.19. The summed E-state index contributed by atoms with van der Waals surface area (Å²) in [4.78, 5) is 20.9. The number of carbonyl (C=O) groups is 2. The first-order valence-corrected chi connectivity index (χ1v) is 4.34. The maximum absolute atomic E-state index is 10.5. The van der Waals surface area contributed by atoms with E-state index in [0.717, 1.165) is 12.1 Å². The molecular weight excluding hydrogens is 216 g/mol. The van der Waals surface area contributed by atoms with Crippen molar-refractivity contribution in [2.24, 2.45) is 0 Å². The van der Waals surface area contributed by atoms with Gasteiger partial charge in [-0.25, -0.2) is 4.79 Å². The van der Waals surface area contributed by atoms with Crippen LogP contribution in [0.15, 0.2) is 18.2 Å². The number of rotatable bonds is 4. The van der Waals surface area contributed by atoms with Crippen molar-refractivity contribution in [2.45, 2.75) is 12.2 Å². The van der Waals surface area contributed by atoms with E-state index in [2.05, 4.69) is 0 Å². The molecule has 1 aromatic carbocycles. The highest BCUT2D eigenvalue weighted by atomic mass is 16.4. The van der Waals surface area contributed by atoms with Gasteiger partial charge in [0, 0.05) is 11.1 Å². The SMILES string of the molecule is O=Cc1ccc(O)c(C(O)C(O)C(=O)O)c1. The molecule has 0 radical (unpaired) electrons. The normalized spacial score (nSPS) is 14.1. The molecule has 1 rings (SSSR count). The summed E-state index contributed by atoms with van der Waals surface area (Å²) in [6.45, 7) is 0. The summed E-state index contributed by atoms with van der Waals surface area (Å²) < 4.78 is 0. The first kappa shape index (κ1) is 12.2. The highest BCUT2D eigenvalue weighted by molar-refractivity contribution is 5.77. The van der Waals surface area contributed by atoms with Gasteiger partial charge in [-0.1, -0.05) is 0 Å². The predicted octanol–water partition coefficient (Wildman–Crippen LogP) is -0.316. The lowest BCUT2D eigenvalue weighted by Crippen LogP contribution is -2.27. The van der Waals surface area contributed by atoms with Gasteiger partial charge < -0.3 is 20.4 Å². The van der Waals surface area contributed by atoms with Crippen molar-refractivity contribution in [1.29, 1.82) is 0 Å². The Morgan fingerprint density at radius 2 is 1.94 bits per heavy atom. The molecule has 0 heterocycles. The Morgan fingerprint density at radius 3 is 2.44 bits per heavy atom. The van der Waals surface area contributed by atoms with Crippen molar-refractivity contribution in [2.75, 3.05) is 0 Å². The largest absolute Gasteiger partial charge is 0.508 e. The summed E-state index contributed by atoms with van der Waals surface area (Å²) in [6, 6.07) is 3.54. The van der Waals surface area contributed by atoms with Gasteiger partial charge in [-0.05, 0) is 18.2 Å². The van der Waals surface area contributed by atoms with Gasteiger partial charge in [0.25, 0.3) is 0 Å². The van der Waals surface area contributed by atoms with Crippen molar-refractivity contribution < 1.29 is 30.0 Å². The van der Waals surface area contributed by atoms with E-state index < -0.39 is 23.9 Å². The Bertz CT molecular complexity index is 414. The second-order valence-electron chi connectivity index (χ2n) is 3.16. The minimum Gasteiger partial charge on any atom is -0.508 e. The zero-order valence-electron chi connectivity index (χ0n) is 8.07. The third kappa shape index (κ3) is 2.36. The number of benzene rings is 1. The minimum atomic E-state index is -2.06. The van der Waals surface area contributed by atoms with Gasteiger partial charge in [0.05, 0.1) is 0 Å². The van der Waals surface area contributed by atoms with E-state index in [9.17, 15) is 19.8 Å². The zero-order chi connectivity index (χ0) is 12.3. The van der Waals surface area contributed by atoms with E-state index in [0.29, 0.717) is 6.29 Å². The number of aldehydes is 1. The van der Waals surface area contributed by atoms with Crippen LogP contribution in [-0.2, 0) is 4.79 Å². The highest BCUT2D eigenvalue weighted by Crippen LogP contribution is 2.27. The maximum Gasteiger partial charge on any atom is 0.335 e. The molecule has 0 bridgehead atoms. The van der Waals surface area contributed by atoms with Gasteiger partial charge >= 0.3 is 5.97 Å². The Labute approximate surface area is 90.4 Å². The van der Waals surface area contributed by atoms with Crippen molar-refractivity contribution in [3.8, 4) is 5.75 Å². The molecule has 0 amide bonds. The molecule has 2 atom stereocenters. The Kier molecular flexibility index (Phi) is 3.60. The van der Waals surface area contributed by atoms with Crippen LogP contribution < -0.4 is 0 Å². The molecule has 0 aliphatic carbocycles. The number of hydrogen-bond acceptors (Lipinski definition) is 5. The number of carboxylic acids is 1. The van der Waals surface area contributed by atoms with Crippen molar-refractivity contribution in [3.05, 3.63) is 29.3 Å². The van der Waals surface area contributed by atoms with Crippen molar-refractivity contribution in [1.82, 2.24) is 0 Å². The molecular formula is C10H10O6. The van der Waals surface area contributed by atoms with E-state index in [4.69, 9.17) is 10.2 Å². The second-order valence-corrected chi connectivity index (χ2v) is 3.16. The van der Waals surface area contributed by atoms with Crippen LogP contribution >= 0.6 is 0 Å². The number of phenols is 1. The molecule has 0 spiro atoms. The fourth-order valence-corrected chi connectivity index (χ4v) is 1.19. The van der Waals surface area contributed by atoms with Gasteiger partial charge in [0.1, 0.15) is 18.1 Å². The van der Waals surface area contributed by atoms with Crippen LogP contribution in [0.2, 0.25) is 0 Å². The molecule has 6 heteroatoms. The van der Waals surface area contributed by atoms with Crippen LogP contribution in [-0.4, -0.2) is 38.8 Å². The van der Waals surface area contributed by atoms with Crippen LogP contribution in [0.3, 0.4) is 0 Å². The average Bonchev–Trinajstić information content (AvgIpc) is 2.27. The Balaban J connectivity index is 3.11. The number of aliphatic hydroxyl groups is 2. The number of aliphatic hydroxyl groups excluding tert-OH is 2. The van der Waals surface area contributed by atoms with Gasteiger partial charge in [-0.15, -0.1) is 0 Å². The van der Waals surface area contributed by atoms with Gasteiger partial charge in [0.15, 0.2) is 6.10 Å². The van der Waals surface area contributed by atoms with Crippen LogP contribution in [0.4, 0.5) is 0 Å². The van der Waals surface area contributed by atoms with Gasteiger partial charge in [0.2, 0.25) is 0 Å². The highest BCUT2D eigenvalue weighted by Gasteiger charge is 2.27. The number of carboxylic acid groups (broad SMARTS) is 1. The van der Waals surface area contributed by atoms with Crippen LogP contribution in [0.1, 0.15) is 22.0 Å². The minimum absolute atomic E-state index is 0.157. The molecule has 0 saturated carbocycles. The van der Waals surface area contributed by atoms with E-state index >= 15 is 0 Å². The van der Waals surface area contributed by atoms with E-state index in [1.807, 2.05) is 0 Å². The summed E-state index contributed by atoms with van der Waals surface area (Å²) in [5, 5.41) is 36.4. The third-order valence-corrected chi connectivity index (χ3v) is 2.06. The zero-order valence-corrected chi connectivity index (χ0v) is 8.07. The van der Waals surface area contributed by atoms with E-state index in [1.54, 1.807) is 0 Å². The predicted molar refractivity (Wildman–Crippen MR) is 52.1 cm³/mol. The molecule has 0 fully saturated rings. The number of aliphatic carboxylic acids is 1. The summed E-state index contributed by atoms with van der Waals surface area (Å²) in [5.41, 5.74) is -0.0519. The molecule has 0 aliphatic rings. The smallest absolute Gasteiger partial charge is 0.335 e. The summed E-state index contributed by atoms with van der Waals surface area (Å²) in [5.74, 6) is -2.01. The molecule has 4 N–H and O–H groups in total. The van der Waals surface area contributed by atoms with E-state index in [-0.39, 0.29) is 11.1 Å². The van der Waals surface area contributed by atoms with Gasteiger partial charge in [-0.3, -0.25) is 4.79 Å². The van der Waals surface area contributed by atoms with Crippen LogP contribution in [0.5, 0.6) is 5.75 Å². The lowest BCUT2D eigenvalue weighted by atomic mass is 10.0. The molecule has 16 heavy (non-hydrogen) atoms. The van der Waals surface area contributed by atoms with Crippen molar-refractivity contribution >= 4 is 12.3 Å². The molecule has 86 valence electrons. The first-order chi connectivity index (χ1) is 7.47.